The Morgan fingerprint density at radius 1 is 0.953 bits per heavy atom. The van der Waals surface area contributed by atoms with Gasteiger partial charge in [-0.3, -0.25) is 5.32 Å². The maximum atomic E-state index is 11.4. The van der Waals surface area contributed by atoms with E-state index in [1.54, 1.807) is 21.3 Å². The molecule has 2 bridgehead atoms. The van der Waals surface area contributed by atoms with Gasteiger partial charge in [0, 0.05) is 57.1 Å². The summed E-state index contributed by atoms with van der Waals surface area (Å²) in [5, 5.41) is 26.3. The zero-order valence-electron chi connectivity index (χ0n) is 27.7. The molecule has 3 rings (SSSR count). The lowest BCUT2D eigenvalue weighted by Gasteiger charge is -2.47. The minimum Gasteiger partial charge on any atom is -0.493 e. The molecule has 0 amide bonds. The van der Waals surface area contributed by atoms with E-state index in [4.69, 9.17) is 29.4 Å². The highest BCUT2D eigenvalue weighted by Gasteiger charge is 2.43. The number of methoxy groups -OCH3 is 3. The third-order valence-electron chi connectivity index (χ3n) is 9.77. The lowest BCUT2D eigenvalue weighted by atomic mass is 9.73. The Hall–Kier alpha value is -1.46. The Balaban J connectivity index is 1.60. The predicted molar refractivity (Wildman–Crippen MR) is 169 cm³/mol. The largest absolute Gasteiger partial charge is 0.493 e. The number of aliphatic hydroxyl groups excluding tert-OH is 2. The van der Waals surface area contributed by atoms with E-state index < -0.39 is 18.4 Å². The van der Waals surface area contributed by atoms with Crippen LogP contribution in [0.2, 0.25) is 0 Å². The van der Waals surface area contributed by atoms with Crippen molar-refractivity contribution in [2.45, 2.75) is 96.7 Å². The van der Waals surface area contributed by atoms with Crippen LogP contribution in [0.4, 0.5) is 0 Å². The molecule has 1 aromatic rings. The van der Waals surface area contributed by atoms with E-state index in [1.807, 2.05) is 6.07 Å². The van der Waals surface area contributed by atoms with Gasteiger partial charge in [-0.2, -0.15) is 0 Å². The normalized spacial score (nSPS) is 25.8. The number of ether oxygens (including phenoxy) is 5. The summed E-state index contributed by atoms with van der Waals surface area (Å²) >= 11 is 0. The van der Waals surface area contributed by atoms with Crippen molar-refractivity contribution in [1.29, 1.82) is 0 Å². The molecule has 2 aliphatic rings. The van der Waals surface area contributed by atoms with E-state index in [2.05, 4.69) is 45.1 Å². The van der Waals surface area contributed by atoms with Crippen molar-refractivity contribution in [2.24, 2.45) is 41.2 Å². The third kappa shape index (κ3) is 10.6. The Labute approximate surface area is 260 Å². The van der Waals surface area contributed by atoms with Crippen LogP contribution in [-0.2, 0) is 20.6 Å². The fourth-order valence-electron chi connectivity index (χ4n) is 6.92. The highest BCUT2D eigenvalue weighted by Crippen LogP contribution is 2.37. The first kappa shape index (κ1) is 36.0. The summed E-state index contributed by atoms with van der Waals surface area (Å²) in [5.41, 5.74) is 7.83. The van der Waals surface area contributed by atoms with Crippen molar-refractivity contribution in [3.8, 4) is 11.5 Å². The summed E-state index contributed by atoms with van der Waals surface area (Å²) in [6.07, 6.45) is 3.43. The molecule has 1 aromatic carbocycles. The number of nitrogens with two attached hydrogens (primary N) is 1. The van der Waals surface area contributed by atoms with Gasteiger partial charge in [-0.25, -0.2) is 0 Å². The van der Waals surface area contributed by atoms with Crippen molar-refractivity contribution in [1.82, 2.24) is 5.32 Å². The first-order valence-corrected chi connectivity index (χ1v) is 16.3. The number of hydrogen-bond donors (Lipinski definition) is 4. The summed E-state index contributed by atoms with van der Waals surface area (Å²) < 4.78 is 28.1. The van der Waals surface area contributed by atoms with Crippen LogP contribution in [-0.4, -0.2) is 88.5 Å². The molecule has 0 aromatic heterocycles. The Morgan fingerprint density at radius 2 is 1.65 bits per heavy atom. The van der Waals surface area contributed by atoms with Crippen LogP contribution in [0.5, 0.6) is 11.5 Å². The van der Waals surface area contributed by atoms with E-state index in [9.17, 15) is 10.2 Å². The zero-order valence-corrected chi connectivity index (χ0v) is 27.7. The Kier molecular flexibility index (Phi) is 15.0. The molecule has 9 heteroatoms. The topological polar surface area (TPSA) is 125 Å². The molecule has 9 nitrogen and oxygen atoms in total. The lowest BCUT2D eigenvalue weighted by molar-refractivity contribution is -0.102. The highest BCUT2D eigenvalue weighted by atomic mass is 16.5. The molecule has 1 aliphatic carbocycles. The van der Waals surface area contributed by atoms with Crippen molar-refractivity contribution < 1.29 is 33.9 Å². The first-order chi connectivity index (χ1) is 20.6. The van der Waals surface area contributed by atoms with Gasteiger partial charge in [0.15, 0.2) is 11.5 Å². The fraction of sp³-hybridized carbons (Fsp3) is 0.824. The molecule has 7 atom stereocenters. The maximum Gasteiger partial charge on any atom is 0.161 e. The number of rotatable bonds is 19. The molecular formula is C34H60N2O7. The van der Waals surface area contributed by atoms with Crippen molar-refractivity contribution >= 4 is 0 Å². The molecule has 5 N–H and O–H groups in total. The molecule has 3 unspecified atom stereocenters. The summed E-state index contributed by atoms with van der Waals surface area (Å²) in [7, 11) is 5.12. The monoisotopic (exact) mass is 608 g/mol. The van der Waals surface area contributed by atoms with Gasteiger partial charge < -0.3 is 39.6 Å². The van der Waals surface area contributed by atoms with Gasteiger partial charge in [0.25, 0.3) is 0 Å². The summed E-state index contributed by atoms with van der Waals surface area (Å²) in [6, 6.07) is 5.88. The smallest absolute Gasteiger partial charge is 0.161 e. The second kappa shape index (κ2) is 17.9. The Bertz CT molecular complexity index is 918. The SMILES string of the molecule is COCCCOc1cc(C[C@@H](C[C@H](N)[C@@H](O)C[C@@H](C(C)C)C(O)NC2C3COCC2CC(OC)C3)C(C)C)ccc1OC. The van der Waals surface area contributed by atoms with Gasteiger partial charge >= 0.3 is 0 Å². The molecule has 1 saturated carbocycles. The molecule has 1 saturated heterocycles. The van der Waals surface area contributed by atoms with E-state index >= 15 is 0 Å². The van der Waals surface area contributed by atoms with Crippen LogP contribution >= 0.6 is 0 Å². The molecule has 0 spiro atoms. The van der Waals surface area contributed by atoms with Crippen LogP contribution in [0, 0.1) is 35.5 Å². The van der Waals surface area contributed by atoms with Crippen LogP contribution < -0.4 is 20.5 Å². The molecule has 2 fully saturated rings. The standard InChI is InChI=1S/C34H60N2O7/c1-21(2)24(13-23-9-10-31(41-7)32(14-23)43-12-8-11-39-5)17-29(35)30(37)18-28(22(3)4)34(38)36-33-25-15-27(40-6)16-26(33)20-42-19-25/h9-10,14,21-22,24-30,33-34,36-38H,8,11-13,15-20,35H2,1-7H3/t24-,25?,26?,27?,28-,29-,30-,33?,34?/m0/s1. The van der Waals surface area contributed by atoms with Gasteiger partial charge in [-0.1, -0.05) is 33.8 Å². The lowest BCUT2D eigenvalue weighted by Crippen LogP contribution is -2.58. The molecule has 43 heavy (non-hydrogen) atoms. The molecule has 1 aliphatic heterocycles. The van der Waals surface area contributed by atoms with Crippen LogP contribution in [0.25, 0.3) is 0 Å². The third-order valence-corrected chi connectivity index (χ3v) is 9.77. The number of aliphatic hydroxyl groups is 2. The minimum atomic E-state index is -0.725. The Morgan fingerprint density at radius 3 is 2.23 bits per heavy atom. The summed E-state index contributed by atoms with van der Waals surface area (Å²) in [5.74, 6) is 2.78. The van der Waals surface area contributed by atoms with E-state index in [0.29, 0.717) is 62.8 Å². The number of hydrogen-bond acceptors (Lipinski definition) is 9. The summed E-state index contributed by atoms with van der Waals surface area (Å²) in [4.78, 5) is 0. The number of nitrogens with one attached hydrogen (secondary N) is 1. The quantitative estimate of drug-likeness (QED) is 0.136. The first-order valence-electron chi connectivity index (χ1n) is 16.3. The van der Waals surface area contributed by atoms with Gasteiger partial charge in [0.05, 0.1) is 39.1 Å². The van der Waals surface area contributed by atoms with E-state index in [1.165, 1.54) is 0 Å². The fourth-order valence-corrected chi connectivity index (χ4v) is 6.92. The second-order valence-electron chi connectivity index (χ2n) is 13.5. The van der Waals surface area contributed by atoms with Crippen molar-refractivity contribution in [2.75, 3.05) is 47.8 Å². The molecule has 0 radical (unpaired) electrons. The molecule has 248 valence electrons. The average molecular weight is 609 g/mol. The highest BCUT2D eigenvalue weighted by molar-refractivity contribution is 5.43. The van der Waals surface area contributed by atoms with Gasteiger partial charge in [-0.15, -0.1) is 0 Å². The van der Waals surface area contributed by atoms with Gasteiger partial charge in [-0.05, 0) is 67.6 Å². The predicted octanol–water partition coefficient (Wildman–Crippen LogP) is 4.01. The van der Waals surface area contributed by atoms with Crippen molar-refractivity contribution in [3.05, 3.63) is 23.8 Å². The molecule has 1 heterocycles. The van der Waals surface area contributed by atoms with E-state index in [-0.39, 0.29) is 29.9 Å². The van der Waals surface area contributed by atoms with Gasteiger partial charge in [0.1, 0.15) is 6.23 Å². The van der Waals surface area contributed by atoms with Crippen LogP contribution in [0.3, 0.4) is 0 Å². The van der Waals surface area contributed by atoms with E-state index in [0.717, 1.165) is 37.0 Å². The number of benzene rings is 1. The van der Waals surface area contributed by atoms with Crippen LogP contribution in [0.1, 0.15) is 65.4 Å². The van der Waals surface area contributed by atoms with Crippen LogP contribution in [0.15, 0.2) is 18.2 Å². The van der Waals surface area contributed by atoms with Crippen molar-refractivity contribution in [3.63, 3.8) is 0 Å². The average Bonchev–Trinajstić information content (AvgIpc) is 2.97. The molecular weight excluding hydrogens is 548 g/mol. The summed E-state index contributed by atoms with van der Waals surface area (Å²) in [6.45, 7) is 11.2. The number of fused-ring (bicyclic) bond motifs is 2. The second-order valence-corrected chi connectivity index (χ2v) is 13.5. The minimum absolute atomic E-state index is 0.125. The van der Waals surface area contributed by atoms with Gasteiger partial charge in [0.2, 0.25) is 0 Å². The zero-order chi connectivity index (χ0) is 31.5. The maximum absolute atomic E-state index is 11.4.